The summed E-state index contributed by atoms with van der Waals surface area (Å²) in [6.07, 6.45) is 0. The van der Waals surface area contributed by atoms with Crippen molar-refractivity contribution in [1.29, 1.82) is 0 Å². The minimum atomic E-state index is -0.378. The van der Waals surface area contributed by atoms with Gasteiger partial charge in [0.05, 0.1) is 0 Å². The lowest BCUT2D eigenvalue weighted by atomic mass is 10.1. The zero-order valence-electron chi connectivity index (χ0n) is 13.7. The minimum Gasteiger partial charge on any atom is -0.484 e. The molecule has 6 nitrogen and oxygen atoms in total. The number of nitrogens with one attached hydrogen (secondary N) is 1. The summed E-state index contributed by atoms with van der Waals surface area (Å²) in [5.74, 6) is 0.596. The van der Waals surface area contributed by atoms with Crippen LogP contribution in [0.5, 0.6) is 5.75 Å². The van der Waals surface area contributed by atoms with Gasteiger partial charge in [-0.15, -0.1) is 0 Å². The lowest BCUT2D eigenvalue weighted by Gasteiger charge is -2.07. The summed E-state index contributed by atoms with van der Waals surface area (Å²) in [5, 5.41) is 6.81. The molecule has 0 aliphatic heterocycles. The van der Waals surface area contributed by atoms with Crippen molar-refractivity contribution in [2.24, 2.45) is 0 Å². The van der Waals surface area contributed by atoms with Gasteiger partial charge in [0.25, 0.3) is 17.7 Å². The number of halogens is 1. The quantitative estimate of drug-likeness (QED) is 0.746. The molecular formula is C18H16ClN3O3. The molecule has 0 atom stereocenters. The maximum Gasteiger partial charge on any atom is 0.270 e. The third-order valence-electron chi connectivity index (χ3n) is 3.60. The summed E-state index contributed by atoms with van der Waals surface area (Å²) in [6, 6.07) is 12.7. The SMILES string of the molecule is Cc1ccc(OCC(=O)Nc2noc(-c3cccc(Cl)c3)n2)cc1C. The van der Waals surface area contributed by atoms with Gasteiger partial charge < -0.3 is 9.26 Å². The Labute approximate surface area is 149 Å². The predicted molar refractivity (Wildman–Crippen MR) is 94.8 cm³/mol. The van der Waals surface area contributed by atoms with Gasteiger partial charge in [-0.25, -0.2) is 0 Å². The van der Waals surface area contributed by atoms with Gasteiger partial charge in [0.2, 0.25) is 0 Å². The van der Waals surface area contributed by atoms with Crippen LogP contribution in [-0.2, 0) is 4.79 Å². The Balaban J connectivity index is 1.59. The number of carbonyl (C=O) groups excluding carboxylic acids is 1. The first-order chi connectivity index (χ1) is 12.0. The van der Waals surface area contributed by atoms with Crippen LogP contribution in [0.3, 0.4) is 0 Å². The molecule has 0 saturated heterocycles. The number of amides is 1. The number of anilines is 1. The average molecular weight is 358 g/mol. The summed E-state index contributed by atoms with van der Waals surface area (Å²) in [4.78, 5) is 16.1. The maximum absolute atomic E-state index is 12.0. The molecule has 0 radical (unpaired) electrons. The van der Waals surface area contributed by atoms with Crippen molar-refractivity contribution in [3.8, 4) is 17.2 Å². The Morgan fingerprint density at radius 3 is 2.80 bits per heavy atom. The molecule has 2 aromatic carbocycles. The van der Waals surface area contributed by atoms with E-state index in [1.165, 1.54) is 0 Å². The first-order valence-electron chi connectivity index (χ1n) is 7.61. The second-order valence-corrected chi connectivity index (χ2v) is 5.95. The van der Waals surface area contributed by atoms with Crippen LogP contribution in [0.2, 0.25) is 5.02 Å². The van der Waals surface area contributed by atoms with Gasteiger partial charge in [-0.05, 0) is 60.5 Å². The van der Waals surface area contributed by atoms with E-state index in [1.54, 1.807) is 24.3 Å². The van der Waals surface area contributed by atoms with Crippen LogP contribution in [-0.4, -0.2) is 22.7 Å². The zero-order chi connectivity index (χ0) is 17.8. The van der Waals surface area contributed by atoms with E-state index < -0.39 is 0 Å². The number of nitrogens with zero attached hydrogens (tertiary/aromatic N) is 2. The fraction of sp³-hybridized carbons (Fsp3) is 0.167. The Kier molecular flexibility index (Phi) is 5.00. The van der Waals surface area contributed by atoms with Gasteiger partial charge in [0.1, 0.15) is 5.75 Å². The maximum atomic E-state index is 12.0. The van der Waals surface area contributed by atoms with E-state index in [-0.39, 0.29) is 24.4 Å². The number of carbonyl (C=O) groups is 1. The van der Waals surface area contributed by atoms with E-state index in [2.05, 4.69) is 15.5 Å². The second kappa shape index (κ2) is 7.36. The van der Waals surface area contributed by atoms with Crippen molar-refractivity contribution in [3.63, 3.8) is 0 Å². The summed E-state index contributed by atoms with van der Waals surface area (Å²) in [7, 11) is 0. The lowest BCUT2D eigenvalue weighted by Crippen LogP contribution is -2.20. The highest BCUT2D eigenvalue weighted by molar-refractivity contribution is 6.30. The fourth-order valence-corrected chi connectivity index (χ4v) is 2.32. The Morgan fingerprint density at radius 1 is 1.20 bits per heavy atom. The molecule has 0 unspecified atom stereocenters. The topological polar surface area (TPSA) is 77.2 Å². The molecule has 0 aliphatic rings. The van der Waals surface area contributed by atoms with E-state index in [4.69, 9.17) is 20.9 Å². The molecule has 25 heavy (non-hydrogen) atoms. The smallest absolute Gasteiger partial charge is 0.270 e. The molecule has 128 valence electrons. The molecule has 0 saturated carbocycles. The normalized spacial score (nSPS) is 10.5. The van der Waals surface area contributed by atoms with Crippen LogP contribution >= 0.6 is 11.6 Å². The summed E-state index contributed by atoms with van der Waals surface area (Å²) in [5.41, 5.74) is 2.94. The van der Waals surface area contributed by atoms with E-state index >= 15 is 0 Å². The molecule has 3 aromatic rings. The zero-order valence-corrected chi connectivity index (χ0v) is 14.5. The minimum absolute atomic E-state index is 0.0728. The number of aromatic nitrogens is 2. The fourth-order valence-electron chi connectivity index (χ4n) is 2.13. The van der Waals surface area contributed by atoms with Crippen molar-refractivity contribution >= 4 is 23.5 Å². The molecular weight excluding hydrogens is 342 g/mol. The van der Waals surface area contributed by atoms with Gasteiger partial charge in [0.15, 0.2) is 6.61 Å². The van der Waals surface area contributed by atoms with E-state index in [1.807, 2.05) is 32.0 Å². The average Bonchev–Trinajstić information content (AvgIpc) is 3.04. The Hall–Kier alpha value is -2.86. The lowest BCUT2D eigenvalue weighted by molar-refractivity contribution is -0.118. The summed E-state index contributed by atoms with van der Waals surface area (Å²) in [6.45, 7) is 3.85. The molecule has 3 rings (SSSR count). The first-order valence-corrected chi connectivity index (χ1v) is 7.98. The van der Waals surface area contributed by atoms with Crippen LogP contribution in [0, 0.1) is 13.8 Å². The van der Waals surface area contributed by atoms with Gasteiger partial charge >= 0.3 is 0 Å². The van der Waals surface area contributed by atoms with Crippen LogP contribution in [0.15, 0.2) is 47.0 Å². The number of rotatable bonds is 5. The molecule has 1 aromatic heterocycles. The Morgan fingerprint density at radius 2 is 2.04 bits per heavy atom. The van der Waals surface area contributed by atoms with Crippen LogP contribution in [0.4, 0.5) is 5.95 Å². The van der Waals surface area contributed by atoms with Crippen molar-refractivity contribution in [2.75, 3.05) is 11.9 Å². The summed E-state index contributed by atoms with van der Waals surface area (Å²) >= 11 is 5.93. The molecule has 1 N–H and O–H groups in total. The third-order valence-corrected chi connectivity index (χ3v) is 3.83. The van der Waals surface area contributed by atoms with Gasteiger partial charge in [-0.1, -0.05) is 23.7 Å². The van der Waals surface area contributed by atoms with Gasteiger partial charge in [-0.2, -0.15) is 4.98 Å². The molecule has 0 bridgehead atoms. The van der Waals surface area contributed by atoms with E-state index in [0.29, 0.717) is 16.3 Å². The van der Waals surface area contributed by atoms with Crippen LogP contribution in [0.25, 0.3) is 11.5 Å². The van der Waals surface area contributed by atoms with E-state index in [0.717, 1.165) is 11.1 Å². The third kappa shape index (κ3) is 4.36. The van der Waals surface area contributed by atoms with Crippen LogP contribution in [0.1, 0.15) is 11.1 Å². The molecule has 1 amide bonds. The monoisotopic (exact) mass is 357 g/mol. The molecule has 0 spiro atoms. The Bertz CT molecular complexity index is 908. The van der Waals surface area contributed by atoms with Crippen molar-refractivity contribution in [2.45, 2.75) is 13.8 Å². The van der Waals surface area contributed by atoms with Crippen molar-refractivity contribution in [1.82, 2.24) is 10.1 Å². The van der Waals surface area contributed by atoms with Crippen LogP contribution < -0.4 is 10.1 Å². The highest BCUT2D eigenvalue weighted by atomic mass is 35.5. The van der Waals surface area contributed by atoms with Crippen molar-refractivity contribution in [3.05, 3.63) is 58.6 Å². The number of ether oxygens (including phenoxy) is 1. The van der Waals surface area contributed by atoms with Gasteiger partial charge in [-0.3, -0.25) is 10.1 Å². The summed E-state index contributed by atoms with van der Waals surface area (Å²) < 4.78 is 10.6. The number of hydrogen-bond acceptors (Lipinski definition) is 5. The number of hydrogen-bond donors (Lipinski definition) is 1. The molecule has 1 heterocycles. The second-order valence-electron chi connectivity index (χ2n) is 5.52. The number of benzene rings is 2. The standard InChI is InChI=1S/C18H16ClN3O3/c1-11-6-7-15(8-12(11)2)24-10-16(23)20-18-21-17(25-22-18)13-4-3-5-14(19)9-13/h3-9H,10H2,1-2H3,(H,20,22,23). The largest absolute Gasteiger partial charge is 0.484 e. The number of aryl methyl sites for hydroxylation is 2. The predicted octanol–water partition coefficient (Wildman–Crippen LogP) is 4.02. The highest BCUT2D eigenvalue weighted by Crippen LogP contribution is 2.22. The highest BCUT2D eigenvalue weighted by Gasteiger charge is 2.12. The van der Waals surface area contributed by atoms with E-state index in [9.17, 15) is 4.79 Å². The van der Waals surface area contributed by atoms with Crippen molar-refractivity contribution < 1.29 is 14.1 Å². The first kappa shape index (κ1) is 17.0. The molecule has 0 aliphatic carbocycles. The molecule has 0 fully saturated rings. The van der Waals surface area contributed by atoms with Gasteiger partial charge in [0, 0.05) is 10.6 Å². The molecule has 7 heteroatoms.